The number of hydrogen-bond donors (Lipinski definition) is 0. The lowest BCUT2D eigenvalue weighted by Gasteiger charge is -2.24. The minimum absolute atomic E-state index is 0.0387. The summed E-state index contributed by atoms with van der Waals surface area (Å²) in [6, 6.07) is 3.40. The number of likely N-dealkylation sites (tertiary alicyclic amines) is 1. The number of carbonyl (C=O) groups excluding carboxylic acids is 2. The van der Waals surface area contributed by atoms with Crippen LogP contribution >= 0.6 is 0 Å². The van der Waals surface area contributed by atoms with Gasteiger partial charge in [0.1, 0.15) is 5.60 Å². The molecule has 3 rings (SSSR count). The van der Waals surface area contributed by atoms with Crippen LogP contribution in [0.15, 0.2) is 34.5 Å². The van der Waals surface area contributed by atoms with Crippen molar-refractivity contribution in [2.45, 2.75) is 32.8 Å². The lowest BCUT2D eigenvalue weighted by molar-refractivity contribution is 0.0285. The molecule has 5 nitrogen and oxygen atoms in total. The second kappa shape index (κ2) is 5.30. The fourth-order valence-corrected chi connectivity index (χ4v) is 3.12. The van der Waals surface area contributed by atoms with E-state index in [1.54, 1.807) is 17.0 Å². The van der Waals surface area contributed by atoms with Gasteiger partial charge in [-0.2, -0.15) is 0 Å². The van der Waals surface area contributed by atoms with Crippen molar-refractivity contribution >= 4 is 11.9 Å². The van der Waals surface area contributed by atoms with Gasteiger partial charge in [0.05, 0.1) is 6.26 Å². The Hall–Kier alpha value is -2.04. The number of amides is 1. The molecule has 0 saturated carbocycles. The van der Waals surface area contributed by atoms with Gasteiger partial charge in [0.2, 0.25) is 5.78 Å². The summed E-state index contributed by atoms with van der Waals surface area (Å²) >= 11 is 0. The predicted molar refractivity (Wildman–Crippen MR) is 80.5 cm³/mol. The van der Waals surface area contributed by atoms with Gasteiger partial charge < -0.3 is 14.1 Å². The zero-order valence-electron chi connectivity index (χ0n) is 13.2. The summed E-state index contributed by atoms with van der Waals surface area (Å²) in [5, 5.41) is 0. The highest BCUT2D eigenvalue weighted by molar-refractivity contribution is 6.07. The molecule has 1 saturated heterocycles. The van der Waals surface area contributed by atoms with E-state index in [4.69, 9.17) is 9.15 Å². The minimum atomic E-state index is -0.481. The fraction of sp³-hybridized carbons (Fsp3) is 0.529. The molecule has 0 aromatic carbocycles. The maximum Gasteiger partial charge on any atom is 0.410 e. The Morgan fingerprint density at radius 3 is 2.68 bits per heavy atom. The van der Waals surface area contributed by atoms with Crippen LogP contribution in [-0.4, -0.2) is 35.5 Å². The Balaban J connectivity index is 1.63. The molecule has 0 N–H and O–H groups in total. The Morgan fingerprint density at radius 2 is 2.09 bits per heavy atom. The lowest BCUT2D eigenvalue weighted by Crippen LogP contribution is -2.35. The van der Waals surface area contributed by atoms with Crippen molar-refractivity contribution in [2.24, 2.45) is 11.8 Å². The number of ether oxygens (including phenoxy) is 1. The van der Waals surface area contributed by atoms with Gasteiger partial charge in [-0.25, -0.2) is 4.79 Å². The molecule has 1 aliphatic carbocycles. The molecule has 1 aliphatic heterocycles. The van der Waals surface area contributed by atoms with E-state index in [0.717, 1.165) is 5.57 Å². The third-order valence-electron chi connectivity index (χ3n) is 4.08. The molecule has 118 valence electrons. The first-order valence-electron chi connectivity index (χ1n) is 7.60. The van der Waals surface area contributed by atoms with Crippen LogP contribution in [0.4, 0.5) is 4.79 Å². The summed E-state index contributed by atoms with van der Waals surface area (Å²) in [6.07, 6.45) is 3.94. The van der Waals surface area contributed by atoms with Gasteiger partial charge in [0.15, 0.2) is 5.76 Å². The van der Waals surface area contributed by atoms with Gasteiger partial charge in [-0.1, -0.05) is 6.08 Å². The summed E-state index contributed by atoms with van der Waals surface area (Å²) in [5.41, 5.74) is 0.319. The monoisotopic (exact) mass is 303 g/mol. The molecule has 0 bridgehead atoms. The van der Waals surface area contributed by atoms with Gasteiger partial charge >= 0.3 is 6.09 Å². The number of nitrogens with zero attached hydrogens (tertiary/aromatic N) is 1. The first kappa shape index (κ1) is 14.9. The van der Waals surface area contributed by atoms with E-state index < -0.39 is 5.60 Å². The van der Waals surface area contributed by atoms with Crippen LogP contribution in [0, 0.1) is 11.8 Å². The maximum absolute atomic E-state index is 12.3. The Kier molecular flexibility index (Phi) is 3.59. The molecule has 2 unspecified atom stereocenters. The maximum atomic E-state index is 12.3. The van der Waals surface area contributed by atoms with E-state index in [9.17, 15) is 9.59 Å². The van der Waals surface area contributed by atoms with Crippen LogP contribution < -0.4 is 0 Å². The van der Waals surface area contributed by atoms with Gasteiger partial charge in [0, 0.05) is 24.6 Å². The highest BCUT2D eigenvalue weighted by atomic mass is 16.6. The summed E-state index contributed by atoms with van der Waals surface area (Å²) in [7, 11) is 0. The van der Waals surface area contributed by atoms with Crippen molar-refractivity contribution in [3.63, 3.8) is 0 Å². The quantitative estimate of drug-likeness (QED) is 0.787. The van der Waals surface area contributed by atoms with E-state index in [0.29, 0.717) is 31.2 Å². The zero-order valence-corrected chi connectivity index (χ0v) is 13.2. The number of Topliss-reactive ketones (excluding diaryl/α,β-unsaturated/α-hetero) is 1. The van der Waals surface area contributed by atoms with Crippen LogP contribution in [0.3, 0.4) is 0 Å². The molecule has 2 aliphatic rings. The topological polar surface area (TPSA) is 59.8 Å². The number of hydrogen-bond acceptors (Lipinski definition) is 4. The summed E-state index contributed by atoms with van der Waals surface area (Å²) in [4.78, 5) is 26.1. The second-order valence-electron chi connectivity index (χ2n) is 7.01. The van der Waals surface area contributed by atoms with Crippen molar-refractivity contribution in [1.82, 2.24) is 4.90 Å². The van der Waals surface area contributed by atoms with Crippen LogP contribution in [0.25, 0.3) is 0 Å². The van der Waals surface area contributed by atoms with Crippen molar-refractivity contribution in [3.05, 3.63) is 35.8 Å². The summed E-state index contributed by atoms with van der Waals surface area (Å²) in [6.45, 7) is 6.85. The summed E-state index contributed by atoms with van der Waals surface area (Å²) < 4.78 is 10.6. The molecule has 5 heteroatoms. The van der Waals surface area contributed by atoms with E-state index in [1.807, 2.05) is 26.8 Å². The molecule has 1 aromatic heterocycles. The number of carbonyl (C=O) groups is 2. The van der Waals surface area contributed by atoms with Crippen LogP contribution in [0.5, 0.6) is 0 Å². The van der Waals surface area contributed by atoms with Gasteiger partial charge in [0.25, 0.3) is 0 Å². The number of rotatable bonds is 2. The molecule has 1 fully saturated rings. The number of furan rings is 1. The highest BCUT2D eigenvalue weighted by Crippen LogP contribution is 2.38. The second-order valence-corrected chi connectivity index (χ2v) is 7.01. The molecule has 0 radical (unpaired) electrons. The van der Waals surface area contributed by atoms with Crippen molar-refractivity contribution < 1.29 is 18.7 Å². The van der Waals surface area contributed by atoms with Crippen LogP contribution in [0.1, 0.15) is 37.7 Å². The van der Waals surface area contributed by atoms with Gasteiger partial charge in [-0.15, -0.1) is 0 Å². The predicted octanol–water partition coefficient (Wildman–Crippen LogP) is 3.28. The standard InChI is InChI=1S/C17H21NO4/c1-17(2,3)22-16(20)18-9-12-7-11(8-13(12)10-18)15(19)14-5-4-6-21-14/h4-7,12-13H,8-10H2,1-3H3. The van der Waals surface area contributed by atoms with Crippen molar-refractivity contribution in [2.75, 3.05) is 13.1 Å². The lowest BCUT2D eigenvalue weighted by atomic mass is 9.99. The SMILES string of the molecule is CC(C)(C)OC(=O)N1CC2C=C(C(=O)c3ccco3)CC2C1. The third kappa shape index (κ3) is 2.93. The molecule has 1 aromatic rings. The van der Waals surface area contributed by atoms with Crippen LogP contribution in [0.2, 0.25) is 0 Å². The zero-order chi connectivity index (χ0) is 15.9. The average molecular weight is 303 g/mol. The first-order chi connectivity index (χ1) is 10.3. The van der Waals surface area contributed by atoms with Gasteiger partial charge in [-0.3, -0.25) is 4.79 Å². The fourth-order valence-electron chi connectivity index (χ4n) is 3.12. The van der Waals surface area contributed by atoms with E-state index in [1.165, 1.54) is 6.26 Å². The molecular formula is C17H21NO4. The molecule has 0 spiro atoms. The molecule has 2 atom stereocenters. The highest BCUT2D eigenvalue weighted by Gasteiger charge is 2.41. The van der Waals surface area contributed by atoms with Crippen molar-refractivity contribution in [3.8, 4) is 0 Å². The molecule has 22 heavy (non-hydrogen) atoms. The third-order valence-corrected chi connectivity index (χ3v) is 4.08. The van der Waals surface area contributed by atoms with E-state index >= 15 is 0 Å². The Bertz CT molecular complexity index is 609. The van der Waals surface area contributed by atoms with Crippen LogP contribution in [-0.2, 0) is 4.74 Å². The first-order valence-corrected chi connectivity index (χ1v) is 7.60. The van der Waals surface area contributed by atoms with Gasteiger partial charge in [-0.05, 0) is 45.2 Å². The number of allylic oxidation sites excluding steroid dienone is 1. The Morgan fingerprint density at radius 1 is 1.32 bits per heavy atom. The Labute approximate surface area is 129 Å². The number of ketones is 1. The largest absolute Gasteiger partial charge is 0.461 e. The van der Waals surface area contributed by atoms with E-state index in [2.05, 4.69) is 0 Å². The number of fused-ring (bicyclic) bond motifs is 1. The summed E-state index contributed by atoms with van der Waals surface area (Å²) in [5.74, 6) is 0.890. The average Bonchev–Trinajstić information content (AvgIpc) is 3.11. The van der Waals surface area contributed by atoms with E-state index in [-0.39, 0.29) is 17.8 Å². The minimum Gasteiger partial charge on any atom is -0.461 e. The smallest absolute Gasteiger partial charge is 0.410 e. The van der Waals surface area contributed by atoms with Crippen molar-refractivity contribution in [1.29, 1.82) is 0 Å². The normalized spacial score (nSPS) is 24.1. The molecular weight excluding hydrogens is 282 g/mol. The molecule has 2 heterocycles. The molecule has 1 amide bonds.